The number of hydrogen-bond acceptors (Lipinski definition) is 3. The molecule has 1 unspecified atom stereocenters. The van der Waals surface area contributed by atoms with Gasteiger partial charge in [0.05, 0.1) is 12.1 Å². The zero-order chi connectivity index (χ0) is 13.5. The smallest absolute Gasteiger partial charge is 0.240 e. The normalized spacial score (nSPS) is 30.1. The minimum atomic E-state index is 0.0742. The number of amides is 1. The second-order valence-corrected chi connectivity index (χ2v) is 7.37. The zero-order valence-electron chi connectivity index (χ0n) is 11.8. The van der Waals surface area contributed by atoms with Gasteiger partial charge in [0.2, 0.25) is 5.91 Å². The Hall–Kier alpha value is -0.870. The number of nitrogens with zero attached hydrogens (tertiary/aromatic N) is 1. The molecule has 3 nitrogen and oxygen atoms in total. The minimum Gasteiger partial charge on any atom is -0.334 e. The lowest BCUT2D eigenvalue weighted by Crippen LogP contribution is -2.51. The molecule has 1 aromatic heterocycles. The Balaban J connectivity index is 1.59. The second kappa shape index (κ2) is 5.15. The van der Waals surface area contributed by atoms with E-state index in [1.807, 2.05) is 11.3 Å². The fraction of sp³-hybridized carbons (Fsp3) is 0.688. The quantitative estimate of drug-likeness (QED) is 0.908. The van der Waals surface area contributed by atoms with Crippen molar-refractivity contribution in [1.29, 1.82) is 0 Å². The number of hydrogen-bond donors (Lipinski definition) is 1. The Labute approximate surface area is 124 Å². The molecule has 1 saturated heterocycles. The van der Waals surface area contributed by atoms with E-state index >= 15 is 0 Å². The zero-order valence-corrected chi connectivity index (χ0v) is 12.6. The van der Waals surface area contributed by atoms with E-state index in [9.17, 15) is 4.79 Å². The third-order valence-corrected chi connectivity index (χ3v) is 5.97. The number of rotatable bonds is 2. The monoisotopic (exact) mass is 290 g/mol. The summed E-state index contributed by atoms with van der Waals surface area (Å²) in [5.74, 6) is 1.08. The molecule has 1 amide bonds. The lowest BCUT2D eigenvalue weighted by Gasteiger charge is -2.39. The number of carbonyl (C=O) groups is 1. The van der Waals surface area contributed by atoms with Crippen molar-refractivity contribution < 1.29 is 4.79 Å². The third kappa shape index (κ3) is 2.19. The molecular formula is C16H22N2OS. The summed E-state index contributed by atoms with van der Waals surface area (Å²) in [6.07, 6.45) is 7.06. The summed E-state index contributed by atoms with van der Waals surface area (Å²) in [6.45, 7) is 1.92. The number of nitrogens with one attached hydrogen (secondary N) is 1. The predicted octanol–water partition coefficient (Wildman–Crippen LogP) is 2.73. The van der Waals surface area contributed by atoms with Crippen LogP contribution < -0.4 is 5.32 Å². The van der Waals surface area contributed by atoms with Crippen molar-refractivity contribution in [3.8, 4) is 0 Å². The van der Waals surface area contributed by atoms with Crippen molar-refractivity contribution >= 4 is 17.2 Å². The van der Waals surface area contributed by atoms with Gasteiger partial charge in [-0.05, 0) is 61.6 Å². The van der Waals surface area contributed by atoms with Crippen LogP contribution in [0.25, 0.3) is 0 Å². The molecule has 3 heterocycles. The Bertz CT molecular complexity index is 502. The number of thiophene rings is 1. The van der Waals surface area contributed by atoms with E-state index in [1.54, 1.807) is 0 Å². The first kappa shape index (κ1) is 12.8. The highest BCUT2D eigenvalue weighted by Crippen LogP contribution is 2.48. The van der Waals surface area contributed by atoms with Gasteiger partial charge in [0, 0.05) is 11.4 Å². The van der Waals surface area contributed by atoms with Gasteiger partial charge in [-0.3, -0.25) is 4.79 Å². The van der Waals surface area contributed by atoms with Crippen LogP contribution in [0.2, 0.25) is 0 Å². The first-order chi connectivity index (χ1) is 9.84. The molecule has 2 atom stereocenters. The number of fused-ring (bicyclic) bond motifs is 1. The van der Waals surface area contributed by atoms with E-state index in [0.29, 0.717) is 11.9 Å². The first-order valence-corrected chi connectivity index (χ1v) is 8.82. The molecule has 108 valence electrons. The van der Waals surface area contributed by atoms with Crippen LogP contribution >= 0.6 is 11.3 Å². The van der Waals surface area contributed by atoms with Gasteiger partial charge in [0.15, 0.2) is 0 Å². The van der Waals surface area contributed by atoms with Gasteiger partial charge in [0.1, 0.15) is 0 Å². The van der Waals surface area contributed by atoms with Crippen molar-refractivity contribution in [3.63, 3.8) is 0 Å². The van der Waals surface area contributed by atoms with Gasteiger partial charge in [-0.1, -0.05) is 6.42 Å². The van der Waals surface area contributed by atoms with Crippen LogP contribution in [0.4, 0.5) is 0 Å². The van der Waals surface area contributed by atoms with Crippen LogP contribution in [-0.4, -0.2) is 29.9 Å². The molecule has 2 aliphatic heterocycles. The first-order valence-electron chi connectivity index (χ1n) is 7.95. The Morgan fingerprint density at radius 3 is 2.95 bits per heavy atom. The highest BCUT2D eigenvalue weighted by molar-refractivity contribution is 7.10. The Morgan fingerprint density at radius 1 is 1.30 bits per heavy atom. The van der Waals surface area contributed by atoms with Crippen molar-refractivity contribution in [2.45, 2.75) is 50.6 Å². The van der Waals surface area contributed by atoms with E-state index in [1.165, 1.54) is 36.1 Å². The summed E-state index contributed by atoms with van der Waals surface area (Å²) in [5, 5.41) is 5.63. The van der Waals surface area contributed by atoms with Crippen molar-refractivity contribution in [3.05, 3.63) is 21.9 Å². The van der Waals surface area contributed by atoms with Gasteiger partial charge in [-0.2, -0.15) is 0 Å². The molecule has 2 fully saturated rings. The Morgan fingerprint density at radius 2 is 2.20 bits per heavy atom. The average Bonchev–Trinajstić information content (AvgIpc) is 3.23. The lowest BCUT2D eigenvalue weighted by atomic mass is 9.94. The summed E-state index contributed by atoms with van der Waals surface area (Å²) in [6, 6.07) is 2.71. The van der Waals surface area contributed by atoms with Crippen LogP contribution in [0.5, 0.6) is 0 Å². The molecule has 1 N–H and O–H groups in total. The van der Waals surface area contributed by atoms with Gasteiger partial charge in [-0.15, -0.1) is 11.3 Å². The van der Waals surface area contributed by atoms with Crippen molar-refractivity contribution in [1.82, 2.24) is 10.2 Å². The van der Waals surface area contributed by atoms with E-state index < -0.39 is 0 Å². The van der Waals surface area contributed by atoms with Crippen LogP contribution in [0.1, 0.15) is 48.6 Å². The third-order valence-electron chi connectivity index (χ3n) is 4.97. The maximum Gasteiger partial charge on any atom is 0.240 e. The van der Waals surface area contributed by atoms with Gasteiger partial charge >= 0.3 is 0 Å². The van der Waals surface area contributed by atoms with Crippen LogP contribution in [-0.2, 0) is 11.2 Å². The topological polar surface area (TPSA) is 32.3 Å². The number of piperidine rings is 1. The van der Waals surface area contributed by atoms with E-state index in [4.69, 9.17) is 0 Å². The molecule has 3 aliphatic rings. The molecule has 20 heavy (non-hydrogen) atoms. The van der Waals surface area contributed by atoms with Gasteiger partial charge in [-0.25, -0.2) is 0 Å². The van der Waals surface area contributed by atoms with Crippen LogP contribution in [0.15, 0.2) is 11.4 Å². The second-order valence-electron chi connectivity index (χ2n) is 6.37. The van der Waals surface area contributed by atoms with Gasteiger partial charge in [0.25, 0.3) is 0 Å². The lowest BCUT2D eigenvalue weighted by molar-refractivity contribution is -0.137. The summed E-state index contributed by atoms with van der Waals surface area (Å²) in [4.78, 5) is 16.6. The molecular weight excluding hydrogens is 268 g/mol. The fourth-order valence-electron chi connectivity index (χ4n) is 3.78. The molecule has 1 aromatic rings. The number of carbonyl (C=O) groups excluding carboxylic acids is 1. The highest BCUT2D eigenvalue weighted by atomic mass is 32.1. The maximum absolute atomic E-state index is 12.9. The molecule has 4 rings (SSSR count). The maximum atomic E-state index is 12.9. The molecule has 0 bridgehead atoms. The SMILES string of the molecule is O=C([C@H]1CCCCN1)N1CCc2sccc2C1C1CC1. The van der Waals surface area contributed by atoms with E-state index in [-0.39, 0.29) is 6.04 Å². The summed E-state index contributed by atoms with van der Waals surface area (Å²) in [5.41, 5.74) is 1.45. The van der Waals surface area contributed by atoms with E-state index in [2.05, 4.69) is 21.7 Å². The van der Waals surface area contributed by atoms with Gasteiger partial charge < -0.3 is 10.2 Å². The summed E-state index contributed by atoms with van der Waals surface area (Å²) < 4.78 is 0. The largest absolute Gasteiger partial charge is 0.334 e. The standard InChI is InChI=1S/C16H22N2OS/c19-16(13-3-1-2-8-17-13)18-9-6-14-12(7-10-20-14)15(18)11-4-5-11/h7,10-11,13,15,17H,1-6,8-9H2/t13-,15?/m1/s1. The van der Waals surface area contributed by atoms with E-state index in [0.717, 1.165) is 31.8 Å². The molecule has 1 aliphatic carbocycles. The molecule has 0 spiro atoms. The average molecular weight is 290 g/mol. The molecule has 4 heteroatoms. The minimum absolute atomic E-state index is 0.0742. The summed E-state index contributed by atoms with van der Waals surface area (Å²) >= 11 is 1.87. The summed E-state index contributed by atoms with van der Waals surface area (Å²) in [7, 11) is 0. The van der Waals surface area contributed by atoms with Crippen LogP contribution in [0.3, 0.4) is 0 Å². The van der Waals surface area contributed by atoms with Crippen molar-refractivity contribution in [2.75, 3.05) is 13.1 Å². The fourth-order valence-corrected chi connectivity index (χ4v) is 4.69. The molecule has 0 aromatic carbocycles. The highest BCUT2D eigenvalue weighted by Gasteiger charge is 2.43. The Kier molecular flexibility index (Phi) is 3.31. The molecule has 0 radical (unpaired) electrons. The van der Waals surface area contributed by atoms with Crippen molar-refractivity contribution in [2.24, 2.45) is 5.92 Å². The van der Waals surface area contributed by atoms with Crippen LogP contribution in [0, 0.1) is 5.92 Å². The molecule has 1 saturated carbocycles. The predicted molar refractivity (Wildman–Crippen MR) is 80.8 cm³/mol.